The Morgan fingerprint density at radius 1 is 0.523 bits per heavy atom. The highest BCUT2D eigenvalue weighted by molar-refractivity contribution is 5.88. The molecule has 0 aliphatic carbocycles. The molecule has 4 N–H and O–H groups in total. The minimum Gasteiger partial charge on any atom is -0.508 e. The van der Waals surface area contributed by atoms with E-state index >= 15 is 0 Å². The second-order valence-corrected chi connectivity index (χ2v) is 14.5. The van der Waals surface area contributed by atoms with Gasteiger partial charge in [-0.1, -0.05) is 104 Å². The molecule has 4 heteroatoms. The van der Waals surface area contributed by atoms with E-state index in [1.165, 1.54) is 11.1 Å². The zero-order valence-electron chi connectivity index (χ0n) is 27.1. The van der Waals surface area contributed by atoms with Crippen molar-refractivity contribution in [2.24, 2.45) is 0 Å². The summed E-state index contributed by atoms with van der Waals surface area (Å²) < 4.78 is 0. The van der Waals surface area contributed by atoms with Gasteiger partial charge in [0.2, 0.25) is 0 Å². The van der Waals surface area contributed by atoms with E-state index in [-0.39, 0.29) is 22.7 Å². The van der Waals surface area contributed by atoms with Gasteiger partial charge in [-0.2, -0.15) is 0 Å². The summed E-state index contributed by atoms with van der Waals surface area (Å²) in [6, 6.07) is 29.2. The van der Waals surface area contributed by atoms with Gasteiger partial charge < -0.3 is 20.2 Å². The maximum absolute atomic E-state index is 11.3. The molecule has 0 aliphatic rings. The number of phenols is 2. The molecule has 6 aromatic rings. The van der Waals surface area contributed by atoms with Crippen LogP contribution in [0.1, 0.15) is 89.5 Å². The molecular formula is C40H44N2O2. The monoisotopic (exact) mass is 584 g/mol. The first kappa shape index (κ1) is 29.6. The van der Waals surface area contributed by atoms with Crippen molar-refractivity contribution in [3.8, 4) is 34.0 Å². The Morgan fingerprint density at radius 3 is 1.23 bits per heavy atom. The molecule has 0 saturated heterocycles. The molecule has 44 heavy (non-hydrogen) atoms. The zero-order valence-corrected chi connectivity index (χ0v) is 27.1. The van der Waals surface area contributed by atoms with Crippen LogP contribution in [0.25, 0.3) is 44.3 Å². The Kier molecular flexibility index (Phi) is 7.15. The number of phenolic OH excluding ortho intramolecular Hbond substituents is 2. The number of para-hydroxylation sites is 2. The second kappa shape index (κ2) is 10.6. The molecule has 0 amide bonds. The average molecular weight is 585 g/mol. The van der Waals surface area contributed by atoms with Gasteiger partial charge in [0.1, 0.15) is 11.5 Å². The molecule has 4 aromatic carbocycles. The van der Waals surface area contributed by atoms with Crippen LogP contribution in [0.3, 0.4) is 0 Å². The number of aromatic hydroxyl groups is 2. The Labute approximate surface area is 260 Å². The molecule has 0 saturated carbocycles. The maximum Gasteiger partial charge on any atom is 0.119 e. The Morgan fingerprint density at radius 2 is 0.886 bits per heavy atom. The predicted molar refractivity (Wildman–Crippen MR) is 185 cm³/mol. The molecule has 226 valence electrons. The van der Waals surface area contributed by atoms with Gasteiger partial charge in [-0.3, -0.25) is 0 Å². The van der Waals surface area contributed by atoms with Gasteiger partial charge in [0.25, 0.3) is 0 Å². The van der Waals surface area contributed by atoms with Crippen molar-refractivity contribution in [2.75, 3.05) is 0 Å². The third-order valence-electron chi connectivity index (χ3n) is 9.32. The van der Waals surface area contributed by atoms with Crippen molar-refractivity contribution in [1.82, 2.24) is 9.97 Å². The molecule has 0 radical (unpaired) electrons. The van der Waals surface area contributed by atoms with Crippen molar-refractivity contribution in [2.45, 2.75) is 78.1 Å². The highest BCUT2D eigenvalue weighted by Gasteiger charge is 2.29. The van der Waals surface area contributed by atoms with E-state index in [0.717, 1.165) is 55.4 Å². The van der Waals surface area contributed by atoms with Gasteiger partial charge in [-0.25, -0.2) is 0 Å². The summed E-state index contributed by atoms with van der Waals surface area (Å²) in [5.74, 6) is 0.790. The van der Waals surface area contributed by atoms with Crippen molar-refractivity contribution in [3.63, 3.8) is 0 Å². The lowest BCUT2D eigenvalue weighted by molar-refractivity contribution is 0.444. The summed E-state index contributed by atoms with van der Waals surface area (Å²) in [6.45, 7) is 17.4. The van der Waals surface area contributed by atoms with Gasteiger partial charge in [0.15, 0.2) is 0 Å². The largest absolute Gasteiger partial charge is 0.508 e. The first-order valence-electron chi connectivity index (χ1n) is 15.6. The Hall–Kier alpha value is -4.44. The third-order valence-corrected chi connectivity index (χ3v) is 9.32. The minimum atomic E-state index is -0.228. The number of hydrogen-bond acceptors (Lipinski definition) is 2. The summed E-state index contributed by atoms with van der Waals surface area (Å²) in [7, 11) is 0. The maximum atomic E-state index is 11.3. The standard InChI is InChI=1S/C40H44N2O2/c1-23(27-19-31(39(3,4)5)37(43)21-29(27)35-17-25-13-9-11-15-33(25)41-35)24(2)28-20-32(40(6,7)8)38(44)22-30(28)36-18-26-14-10-12-16-34(26)42-36/h9-24,41-44H,1-8H3. The lowest BCUT2D eigenvalue weighted by Crippen LogP contribution is -2.16. The third kappa shape index (κ3) is 5.27. The van der Waals surface area contributed by atoms with Crippen LogP contribution in [0, 0.1) is 0 Å². The lowest BCUT2D eigenvalue weighted by atomic mass is 9.75. The minimum absolute atomic E-state index is 0.0820. The SMILES string of the molecule is CC(c1cc(C(C)(C)C)c(O)cc1-c1cc2ccccc2[nH]1)C(C)c1cc(C(C)(C)C)c(O)cc1-c1cc2ccccc2[nH]1. The number of rotatable bonds is 5. The highest BCUT2D eigenvalue weighted by Crippen LogP contribution is 2.47. The number of aromatic nitrogens is 2. The molecule has 2 aromatic heterocycles. The number of nitrogens with one attached hydrogen (secondary N) is 2. The van der Waals surface area contributed by atoms with E-state index < -0.39 is 0 Å². The summed E-state index contributed by atoms with van der Waals surface area (Å²) >= 11 is 0. The van der Waals surface area contributed by atoms with Crippen molar-refractivity contribution < 1.29 is 10.2 Å². The average Bonchev–Trinajstić information content (AvgIpc) is 3.59. The molecule has 0 spiro atoms. The van der Waals surface area contributed by atoms with Crippen LogP contribution < -0.4 is 0 Å². The fourth-order valence-electron chi connectivity index (χ4n) is 6.61. The van der Waals surface area contributed by atoms with Crippen LogP contribution in [-0.4, -0.2) is 20.2 Å². The molecule has 2 unspecified atom stereocenters. The number of benzene rings is 4. The molecule has 2 atom stereocenters. The van der Waals surface area contributed by atoms with Crippen LogP contribution in [0.15, 0.2) is 84.9 Å². The van der Waals surface area contributed by atoms with E-state index in [0.29, 0.717) is 11.5 Å². The molecule has 6 rings (SSSR count). The topological polar surface area (TPSA) is 72.0 Å². The quantitative estimate of drug-likeness (QED) is 0.163. The molecule has 0 bridgehead atoms. The highest BCUT2D eigenvalue weighted by atomic mass is 16.3. The van der Waals surface area contributed by atoms with Gasteiger partial charge in [-0.05, 0) is 81.3 Å². The van der Waals surface area contributed by atoms with E-state index in [1.54, 1.807) is 0 Å². The lowest BCUT2D eigenvalue weighted by Gasteiger charge is -2.30. The van der Waals surface area contributed by atoms with Crippen molar-refractivity contribution in [1.29, 1.82) is 0 Å². The number of fused-ring (bicyclic) bond motifs is 2. The van der Waals surface area contributed by atoms with Crippen LogP contribution in [0.5, 0.6) is 11.5 Å². The zero-order chi connectivity index (χ0) is 31.6. The van der Waals surface area contributed by atoms with Gasteiger partial charge in [0, 0.05) is 44.3 Å². The summed E-state index contributed by atoms with van der Waals surface area (Å²) in [5.41, 5.74) is 9.92. The van der Waals surface area contributed by atoms with E-state index in [9.17, 15) is 10.2 Å². The Balaban J connectivity index is 1.56. The van der Waals surface area contributed by atoms with Gasteiger partial charge >= 0.3 is 0 Å². The van der Waals surface area contributed by atoms with Crippen LogP contribution >= 0.6 is 0 Å². The van der Waals surface area contributed by atoms with E-state index in [2.05, 4.69) is 126 Å². The van der Waals surface area contributed by atoms with E-state index in [4.69, 9.17) is 0 Å². The second-order valence-electron chi connectivity index (χ2n) is 14.5. The summed E-state index contributed by atoms with van der Waals surface area (Å²) in [4.78, 5) is 7.22. The first-order chi connectivity index (χ1) is 20.7. The fourth-order valence-corrected chi connectivity index (χ4v) is 6.61. The molecule has 2 heterocycles. The Bertz CT molecular complexity index is 1780. The van der Waals surface area contributed by atoms with Gasteiger partial charge in [-0.15, -0.1) is 0 Å². The number of hydrogen-bond donors (Lipinski definition) is 4. The fraction of sp³-hybridized carbons (Fsp3) is 0.300. The van der Waals surface area contributed by atoms with Gasteiger partial charge in [0.05, 0.1) is 0 Å². The smallest absolute Gasteiger partial charge is 0.119 e. The molecule has 0 fully saturated rings. The number of H-pyrrole nitrogens is 2. The van der Waals surface area contributed by atoms with E-state index in [1.807, 2.05) is 24.3 Å². The predicted octanol–water partition coefficient (Wildman–Crippen LogP) is 10.9. The summed E-state index contributed by atoms with van der Waals surface area (Å²) in [5, 5.41) is 24.9. The van der Waals surface area contributed by atoms with Crippen molar-refractivity contribution in [3.05, 3.63) is 107 Å². The van der Waals surface area contributed by atoms with Crippen molar-refractivity contribution >= 4 is 21.8 Å². The summed E-state index contributed by atoms with van der Waals surface area (Å²) in [6.07, 6.45) is 0. The van der Waals surface area contributed by atoms with Crippen LogP contribution in [0.4, 0.5) is 0 Å². The molecule has 4 nitrogen and oxygen atoms in total. The van der Waals surface area contributed by atoms with Crippen LogP contribution in [-0.2, 0) is 10.8 Å². The normalized spacial score (nSPS) is 13.9. The molecular weight excluding hydrogens is 540 g/mol. The first-order valence-corrected chi connectivity index (χ1v) is 15.6. The van der Waals surface area contributed by atoms with Crippen LogP contribution in [0.2, 0.25) is 0 Å². The number of aromatic amines is 2. The molecule has 0 aliphatic heterocycles.